The van der Waals surface area contributed by atoms with Gasteiger partial charge < -0.3 is 34.5 Å². The van der Waals surface area contributed by atoms with Gasteiger partial charge in [0.1, 0.15) is 57.1 Å². The Morgan fingerprint density at radius 3 is 2.39 bits per heavy atom. The van der Waals surface area contributed by atoms with E-state index in [9.17, 15) is 19.2 Å². The molecule has 0 bridgehead atoms. The minimum Gasteiger partial charge on any atom is -0.495 e. The molecule has 0 unspecified atom stereocenters. The molecule has 7 rings (SSSR count). The summed E-state index contributed by atoms with van der Waals surface area (Å²) in [5, 5.41) is 9.31. The molecule has 13 nitrogen and oxygen atoms in total. The van der Waals surface area contributed by atoms with Crippen LogP contribution in [0.15, 0.2) is 36.2 Å². The van der Waals surface area contributed by atoms with Crippen molar-refractivity contribution >= 4 is 57.7 Å². The minimum absolute atomic E-state index is 0.000109. The van der Waals surface area contributed by atoms with Gasteiger partial charge in [-0.25, -0.2) is 19.6 Å². The van der Waals surface area contributed by atoms with Crippen molar-refractivity contribution in [2.45, 2.75) is 102 Å². The number of benzene rings is 1. The SMILES string of the molecule is C=C[C@@H]1C[C@]1(NC(=O)[C@@H]1C[C@@H](Oc2cc(-c3nc(C(C)C)cs3)nc3c(Cl)c(OC)ccc23)CN1C(=O)[C@@H](NC(=O)O[C@@H]1C[C@@H]2C[C@@H]2C1)C(C)(C)C)C(=O)OC. The summed E-state index contributed by atoms with van der Waals surface area (Å²) in [4.78, 5) is 66.4. The molecule has 1 saturated heterocycles. The van der Waals surface area contributed by atoms with E-state index in [1.807, 2.05) is 26.2 Å². The lowest BCUT2D eigenvalue weighted by molar-refractivity contribution is -0.148. The average Bonchev–Trinajstić information content (AvgIpc) is 3.79. The topological polar surface area (TPSA) is 158 Å². The van der Waals surface area contributed by atoms with Crippen LogP contribution in [0.25, 0.3) is 21.6 Å². The summed E-state index contributed by atoms with van der Waals surface area (Å²) in [5.74, 6) is 0.355. The van der Waals surface area contributed by atoms with Gasteiger partial charge in [0, 0.05) is 29.2 Å². The van der Waals surface area contributed by atoms with Crippen LogP contribution in [0, 0.1) is 23.2 Å². The van der Waals surface area contributed by atoms with Gasteiger partial charge in [0.2, 0.25) is 11.8 Å². The van der Waals surface area contributed by atoms with Gasteiger partial charge in [-0.05, 0) is 61.0 Å². The Kier molecular flexibility index (Phi) is 10.8. The number of methoxy groups -OCH3 is 2. The molecule has 1 aliphatic heterocycles. The summed E-state index contributed by atoms with van der Waals surface area (Å²) in [6.07, 6.45) is 3.31. The van der Waals surface area contributed by atoms with Crippen molar-refractivity contribution in [2.75, 3.05) is 20.8 Å². The molecular formula is C41H50ClN5O8S. The van der Waals surface area contributed by atoms with Gasteiger partial charge in [0.15, 0.2) is 0 Å². The maximum Gasteiger partial charge on any atom is 0.408 e. The van der Waals surface area contributed by atoms with Crippen molar-refractivity contribution < 1.29 is 38.1 Å². The van der Waals surface area contributed by atoms with E-state index >= 15 is 0 Å². The van der Waals surface area contributed by atoms with Crippen LogP contribution >= 0.6 is 22.9 Å². The van der Waals surface area contributed by atoms with Crippen LogP contribution in [0.3, 0.4) is 0 Å². The van der Waals surface area contributed by atoms with Gasteiger partial charge >= 0.3 is 12.1 Å². The maximum atomic E-state index is 14.7. The number of halogens is 1. The number of likely N-dealkylation sites (tertiary alicyclic amines) is 1. The van der Waals surface area contributed by atoms with Crippen molar-refractivity contribution in [3.63, 3.8) is 0 Å². The predicted molar refractivity (Wildman–Crippen MR) is 212 cm³/mol. The number of nitrogens with zero attached hydrogens (tertiary/aromatic N) is 3. The normalized spacial score (nSPS) is 27.0. The summed E-state index contributed by atoms with van der Waals surface area (Å²) in [5.41, 5.74) is -0.142. The summed E-state index contributed by atoms with van der Waals surface area (Å²) < 4.78 is 23.1. The van der Waals surface area contributed by atoms with Gasteiger partial charge in [-0.1, -0.05) is 52.3 Å². The molecule has 3 aromatic rings. The standard InChI is InChI=1S/C41H50ClN5O8S/c1-9-23-17-41(23,38(50)53-8)46-35(48)29-15-25(18-47(29)37(49)34(40(4,5)6)45-39(51)55-24-13-21-12-22(21)14-24)54-31-16-27(36-44-28(19-56-36)20(2)3)43-33-26(31)10-11-30(52-7)32(33)42/h9-11,16,19-25,29,34H,1,12-15,17-18H2,2-8H3,(H,45,51)(H,46,48)/t21-,22+,23-,24+,25-,29+,34-,41-/m1/s1. The molecule has 4 aliphatic rings. The zero-order valence-corrected chi connectivity index (χ0v) is 34.4. The number of hydrogen-bond donors (Lipinski definition) is 2. The number of fused-ring (bicyclic) bond motifs is 2. The Morgan fingerprint density at radius 2 is 1.79 bits per heavy atom. The molecule has 3 heterocycles. The third-order valence-corrected chi connectivity index (χ3v) is 12.8. The van der Waals surface area contributed by atoms with E-state index in [4.69, 9.17) is 40.5 Å². The monoisotopic (exact) mass is 807 g/mol. The predicted octanol–water partition coefficient (Wildman–Crippen LogP) is 6.67. The highest BCUT2D eigenvalue weighted by Gasteiger charge is 2.62. The minimum atomic E-state index is -1.29. The number of aromatic nitrogens is 2. The van der Waals surface area contributed by atoms with Gasteiger partial charge in [-0.3, -0.25) is 9.59 Å². The lowest BCUT2D eigenvalue weighted by Gasteiger charge is -2.35. The van der Waals surface area contributed by atoms with Gasteiger partial charge in [0.05, 0.1) is 32.0 Å². The lowest BCUT2D eigenvalue weighted by Crippen LogP contribution is -2.59. The van der Waals surface area contributed by atoms with Gasteiger partial charge in [-0.15, -0.1) is 17.9 Å². The van der Waals surface area contributed by atoms with E-state index in [0.717, 1.165) is 18.5 Å². The molecule has 3 aliphatic carbocycles. The number of alkyl carbamates (subject to hydrolysis) is 1. The number of thiazole rings is 1. The van der Waals surface area contributed by atoms with E-state index in [0.29, 0.717) is 56.4 Å². The molecule has 15 heteroatoms. The molecule has 0 spiro atoms. The second-order valence-corrected chi connectivity index (χ2v) is 18.1. The van der Waals surface area contributed by atoms with E-state index in [-0.39, 0.29) is 30.9 Å². The van der Waals surface area contributed by atoms with Crippen LogP contribution in [0.1, 0.15) is 78.3 Å². The number of rotatable bonds is 12. The molecule has 8 atom stereocenters. The second-order valence-electron chi connectivity index (χ2n) is 16.9. The van der Waals surface area contributed by atoms with Crippen LogP contribution < -0.4 is 20.1 Å². The van der Waals surface area contributed by atoms with Gasteiger partial charge in [0.25, 0.3) is 0 Å². The second kappa shape index (κ2) is 15.1. The summed E-state index contributed by atoms with van der Waals surface area (Å²) >= 11 is 8.29. The third-order valence-electron chi connectivity index (χ3n) is 11.6. The number of pyridine rings is 1. The van der Waals surface area contributed by atoms with Crippen molar-refractivity contribution in [3.8, 4) is 22.2 Å². The van der Waals surface area contributed by atoms with E-state index in [2.05, 4.69) is 31.1 Å². The van der Waals surface area contributed by atoms with E-state index in [1.165, 1.54) is 36.9 Å². The largest absolute Gasteiger partial charge is 0.495 e. The molecule has 3 saturated carbocycles. The quantitative estimate of drug-likeness (QED) is 0.150. The smallest absolute Gasteiger partial charge is 0.408 e. The van der Waals surface area contributed by atoms with Crippen LogP contribution in [-0.2, 0) is 23.9 Å². The fraction of sp³-hybridized carbons (Fsp3) is 0.561. The molecule has 3 amide bonds. The fourth-order valence-electron chi connectivity index (χ4n) is 8.16. The Hall–Kier alpha value is -4.43. The molecule has 0 radical (unpaired) electrons. The molecule has 300 valence electrons. The highest BCUT2D eigenvalue weighted by molar-refractivity contribution is 7.13. The number of ether oxygens (including phenoxy) is 4. The molecule has 2 aromatic heterocycles. The van der Waals surface area contributed by atoms with Crippen LogP contribution in [0.5, 0.6) is 11.5 Å². The first-order valence-corrected chi connectivity index (χ1v) is 20.4. The molecule has 4 fully saturated rings. The highest BCUT2D eigenvalue weighted by Crippen LogP contribution is 2.52. The van der Waals surface area contributed by atoms with E-state index < -0.39 is 53.0 Å². The Balaban J connectivity index is 1.21. The first-order valence-electron chi connectivity index (χ1n) is 19.2. The van der Waals surface area contributed by atoms with Crippen LogP contribution in [0.2, 0.25) is 5.02 Å². The lowest BCUT2D eigenvalue weighted by atomic mass is 9.85. The fourth-order valence-corrected chi connectivity index (χ4v) is 9.38. The van der Waals surface area contributed by atoms with Crippen molar-refractivity contribution in [1.29, 1.82) is 0 Å². The third kappa shape index (κ3) is 7.66. The molecular weight excluding hydrogens is 758 g/mol. The zero-order chi connectivity index (χ0) is 40.3. The number of amides is 3. The Bertz CT molecular complexity index is 2060. The average molecular weight is 808 g/mol. The summed E-state index contributed by atoms with van der Waals surface area (Å²) in [6, 6.07) is 3.22. The zero-order valence-electron chi connectivity index (χ0n) is 32.8. The number of esters is 1. The number of carbonyl (C=O) groups is 4. The molecule has 56 heavy (non-hydrogen) atoms. The number of hydrogen-bond acceptors (Lipinski definition) is 11. The van der Waals surface area contributed by atoms with Crippen LogP contribution in [0.4, 0.5) is 4.79 Å². The Labute approximate surface area is 335 Å². The van der Waals surface area contributed by atoms with Gasteiger partial charge in [-0.2, -0.15) is 0 Å². The first kappa shape index (κ1) is 39.8. The molecule has 2 N–H and O–H groups in total. The number of nitrogens with one attached hydrogen (secondary N) is 2. The van der Waals surface area contributed by atoms with Crippen LogP contribution in [-0.4, -0.2) is 89.3 Å². The number of carbonyl (C=O) groups excluding carboxylic acids is 4. The summed E-state index contributed by atoms with van der Waals surface area (Å²) in [6.45, 7) is 13.5. The first-order chi connectivity index (χ1) is 26.6. The van der Waals surface area contributed by atoms with E-state index in [1.54, 1.807) is 24.3 Å². The van der Waals surface area contributed by atoms with Crippen molar-refractivity contribution in [1.82, 2.24) is 25.5 Å². The maximum absolute atomic E-state index is 14.7. The molecule has 1 aromatic carbocycles. The van der Waals surface area contributed by atoms with Crippen molar-refractivity contribution in [2.24, 2.45) is 23.2 Å². The Morgan fingerprint density at radius 1 is 1.05 bits per heavy atom. The summed E-state index contributed by atoms with van der Waals surface area (Å²) in [7, 11) is 2.79. The van der Waals surface area contributed by atoms with Crippen molar-refractivity contribution in [3.05, 3.63) is 47.0 Å². The highest BCUT2D eigenvalue weighted by atomic mass is 35.5.